The highest BCUT2D eigenvalue weighted by molar-refractivity contribution is 5.62. The zero-order valence-corrected chi connectivity index (χ0v) is 11.2. The molecule has 2 N–H and O–H groups in total. The molecule has 1 aromatic heterocycles. The molecule has 1 heterocycles. The van der Waals surface area contributed by atoms with Crippen LogP contribution in [-0.2, 0) is 4.74 Å². The van der Waals surface area contributed by atoms with Crippen LogP contribution < -0.4 is 5.73 Å². The van der Waals surface area contributed by atoms with Gasteiger partial charge in [0.25, 0.3) is 0 Å². The van der Waals surface area contributed by atoms with Crippen molar-refractivity contribution in [2.45, 2.75) is 19.9 Å². The van der Waals surface area contributed by atoms with Crippen molar-refractivity contribution in [1.29, 1.82) is 0 Å². The molecule has 0 aliphatic rings. The molecule has 1 unspecified atom stereocenters. The lowest BCUT2D eigenvalue weighted by molar-refractivity contribution is 0.115. The van der Waals surface area contributed by atoms with Crippen LogP contribution >= 0.6 is 0 Å². The van der Waals surface area contributed by atoms with E-state index in [2.05, 4.69) is 15.5 Å². The van der Waals surface area contributed by atoms with E-state index in [4.69, 9.17) is 10.5 Å². The Kier molecular flexibility index (Phi) is 4.23. The molecule has 0 aliphatic carbocycles. The summed E-state index contributed by atoms with van der Waals surface area (Å²) in [4.78, 5) is 0. The van der Waals surface area contributed by atoms with E-state index in [0.717, 1.165) is 6.07 Å². The molecule has 0 fully saturated rings. The summed E-state index contributed by atoms with van der Waals surface area (Å²) in [5.74, 6) is -1.40. The highest BCUT2D eigenvalue weighted by Gasteiger charge is 2.19. The summed E-state index contributed by atoms with van der Waals surface area (Å²) in [5.41, 5.74) is 5.35. The van der Waals surface area contributed by atoms with Crippen molar-refractivity contribution in [3.8, 4) is 11.4 Å². The molecule has 0 radical (unpaired) electrons. The number of hydrogen-bond donors (Lipinski definition) is 1. The van der Waals surface area contributed by atoms with Gasteiger partial charge in [-0.2, -0.15) is 0 Å². The second kappa shape index (κ2) is 5.91. The van der Waals surface area contributed by atoms with Gasteiger partial charge < -0.3 is 10.5 Å². The number of aromatic nitrogens is 4. The number of ether oxygens (including phenoxy) is 1. The number of benzene rings is 1. The Balaban J connectivity index is 2.39. The van der Waals surface area contributed by atoms with E-state index in [1.807, 2.05) is 13.8 Å². The first-order valence-electron chi connectivity index (χ1n) is 6.15. The standard InChI is InChI=1S/C12H15F2N5O/c1-3-20-6-7(2)19-12(16-17-18-19)8-4-11(15)10(14)5-9(8)13/h4-5,7H,3,6,15H2,1-2H3. The number of anilines is 1. The van der Waals surface area contributed by atoms with Crippen molar-refractivity contribution in [2.75, 3.05) is 18.9 Å². The molecule has 0 spiro atoms. The van der Waals surface area contributed by atoms with Gasteiger partial charge in [0.15, 0.2) is 5.82 Å². The predicted molar refractivity (Wildman–Crippen MR) is 68.8 cm³/mol. The van der Waals surface area contributed by atoms with Gasteiger partial charge in [-0.1, -0.05) is 0 Å². The minimum atomic E-state index is -0.812. The summed E-state index contributed by atoms with van der Waals surface area (Å²) < 4.78 is 33.7. The second-order valence-electron chi connectivity index (χ2n) is 4.31. The molecule has 6 nitrogen and oxygen atoms in total. The number of nitrogens with zero attached hydrogens (tertiary/aromatic N) is 4. The maximum Gasteiger partial charge on any atom is 0.185 e. The summed E-state index contributed by atoms with van der Waals surface area (Å²) >= 11 is 0. The summed E-state index contributed by atoms with van der Waals surface area (Å²) in [6, 6.07) is 1.71. The van der Waals surface area contributed by atoms with Crippen LogP contribution in [0.5, 0.6) is 0 Å². The van der Waals surface area contributed by atoms with E-state index >= 15 is 0 Å². The Hall–Kier alpha value is -2.09. The molecule has 108 valence electrons. The normalized spacial score (nSPS) is 12.6. The molecular formula is C12H15F2N5O. The molecule has 0 saturated carbocycles. The Morgan fingerprint density at radius 3 is 2.80 bits per heavy atom. The molecule has 2 rings (SSSR count). The van der Waals surface area contributed by atoms with Crippen molar-refractivity contribution in [1.82, 2.24) is 20.2 Å². The number of nitrogen functional groups attached to an aromatic ring is 1. The lowest BCUT2D eigenvalue weighted by Gasteiger charge is -2.13. The third-order valence-electron chi connectivity index (χ3n) is 2.80. The summed E-state index contributed by atoms with van der Waals surface area (Å²) in [7, 11) is 0. The third kappa shape index (κ3) is 2.74. The maximum atomic E-state index is 13.9. The van der Waals surface area contributed by atoms with E-state index in [0.29, 0.717) is 13.2 Å². The average molecular weight is 283 g/mol. The van der Waals surface area contributed by atoms with E-state index in [-0.39, 0.29) is 23.1 Å². The highest BCUT2D eigenvalue weighted by atomic mass is 19.1. The van der Waals surface area contributed by atoms with E-state index in [9.17, 15) is 8.78 Å². The van der Waals surface area contributed by atoms with Crippen molar-refractivity contribution in [2.24, 2.45) is 0 Å². The average Bonchev–Trinajstić information content (AvgIpc) is 2.89. The van der Waals surface area contributed by atoms with Crippen molar-refractivity contribution in [3.05, 3.63) is 23.8 Å². The van der Waals surface area contributed by atoms with E-state index < -0.39 is 11.6 Å². The molecule has 20 heavy (non-hydrogen) atoms. The lowest BCUT2D eigenvalue weighted by atomic mass is 10.1. The molecule has 8 heteroatoms. The molecule has 0 aliphatic heterocycles. The fourth-order valence-electron chi connectivity index (χ4n) is 1.76. The van der Waals surface area contributed by atoms with Gasteiger partial charge in [-0.15, -0.1) is 5.10 Å². The molecule has 2 aromatic rings. The Bertz CT molecular complexity index is 602. The number of nitrogens with two attached hydrogens (primary N) is 1. The Morgan fingerprint density at radius 1 is 1.35 bits per heavy atom. The fraction of sp³-hybridized carbons (Fsp3) is 0.417. The number of tetrazole rings is 1. The number of rotatable bonds is 5. The van der Waals surface area contributed by atoms with Gasteiger partial charge >= 0.3 is 0 Å². The number of halogens is 2. The SMILES string of the molecule is CCOCC(C)n1nnnc1-c1cc(N)c(F)cc1F. The van der Waals surface area contributed by atoms with E-state index in [1.165, 1.54) is 10.7 Å². The maximum absolute atomic E-state index is 13.9. The quantitative estimate of drug-likeness (QED) is 0.846. The van der Waals surface area contributed by atoms with Crippen LogP contribution in [0.25, 0.3) is 11.4 Å². The second-order valence-corrected chi connectivity index (χ2v) is 4.31. The highest BCUT2D eigenvalue weighted by Crippen LogP contribution is 2.26. The van der Waals surface area contributed by atoms with Gasteiger partial charge in [0.2, 0.25) is 0 Å². The minimum Gasteiger partial charge on any atom is -0.396 e. The minimum absolute atomic E-state index is 0.0530. The van der Waals surface area contributed by atoms with Gasteiger partial charge in [-0.3, -0.25) is 0 Å². The van der Waals surface area contributed by atoms with Crippen LogP contribution in [0, 0.1) is 11.6 Å². The molecule has 0 saturated heterocycles. The zero-order valence-electron chi connectivity index (χ0n) is 11.2. The topological polar surface area (TPSA) is 78.8 Å². The lowest BCUT2D eigenvalue weighted by Crippen LogP contribution is -2.15. The van der Waals surface area contributed by atoms with Crippen LogP contribution in [0.2, 0.25) is 0 Å². The fourth-order valence-corrected chi connectivity index (χ4v) is 1.76. The van der Waals surface area contributed by atoms with Crippen molar-refractivity contribution in [3.63, 3.8) is 0 Å². The Morgan fingerprint density at radius 2 is 2.10 bits per heavy atom. The molecule has 0 bridgehead atoms. The summed E-state index contributed by atoms with van der Waals surface area (Å²) in [5, 5.41) is 11.1. The molecular weight excluding hydrogens is 268 g/mol. The molecule has 1 aromatic carbocycles. The van der Waals surface area contributed by atoms with Gasteiger partial charge in [-0.25, -0.2) is 13.5 Å². The van der Waals surface area contributed by atoms with Crippen LogP contribution in [0.1, 0.15) is 19.9 Å². The van der Waals surface area contributed by atoms with Crippen LogP contribution in [0.4, 0.5) is 14.5 Å². The molecule has 1 atom stereocenters. The monoisotopic (exact) mass is 283 g/mol. The first-order valence-corrected chi connectivity index (χ1v) is 6.15. The van der Waals surface area contributed by atoms with E-state index in [1.54, 1.807) is 0 Å². The first-order chi connectivity index (χ1) is 9.54. The summed E-state index contributed by atoms with van der Waals surface area (Å²) in [6.07, 6.45) is 0. The van der Waals surface area contributed by atoms with Crippen molar-refractivity contribution < 1.29 is 13.5 Å². The van der Waals surface area contributed by atoms with Gasteiger partial charge in [0.05, 0.1) is 23.9 Å². The smallest absolute Gasteiger partial charge is 0.185 e. The van der Waals surface area contributed by atoms with Crippen LogP contribution in [-0.4, -0.2) is 33.4 Å². The van der Waals surface area contributed by atoms with Crippen LogP contribution in [0.15, 0.2) is 12.1 Å². The van der Waals surface area contributed by atoms with Gasteiger partial charge in [0, 0.05) is 12.7 Å². The molecule has 0 amide bonds. The first kappa shape index (κ1) is 14.3. The van der Waals surface area contributed by atoms with Crippen molar-refractivity contribution >= 4 is 5.69 Å². The zero-order chi connectivity index (χ0) is 14.7. The van der Waals surface area contributed by atoms with Gasteiger partial charge in [0.1, 0.15) is 11.6 Å². The van der Waals surface area contributed by atoms with Crippen LogP contribution in [0.3, 0.4) is 0 Å². The largest absolute Gasteiger partial charge is 0.396 e. The summed E-state index contributed by atoms with van der Waals surface area (Å²) in [6.45, 7) is 4.64. The predicted octanol–water partition coefficient (Wildman–Crippen LogP) is 1.80. The number of hydrogen-bond acceptors (Lipinski definition) is 5. The Labute approximate surface area is 114 Å². The third-order valence-corrected chi connectivity index (χ3v) is 2.80. The van der Waals surface area contributed by atoms with Gasteiger partial charge in [-0.05, 0) is 30.3 Å².